The number of aromatic nitrogens is 3. The zero-order valence-electron chi connectivity index (χ0n) is 16.8. The zero-order valence-corrected chi connectivity index (χ0v) is 16.8. The molecule has 3 aromatic rings. The van der Waals surface area contributed by atoms with Crippen molar-refractivity contribution in [1.82, 2.24) is 20.5 Å². The lowest BCUT2D eigenvalue weighted by Gasteiger charge is -2.11. The minimum absolute atomic E-state index is 0.241. The summed E-state index contributed by atoms with van der Waals surface area (Å²) >= 11 is 0. The predicted octanol–water partition coefficient (Wildman–Crippen LogP) is 3.77. The highest BCUT2D eigenvalue weighted by molar-refractivity contribution is 5.90. The molecule has 0 aliphatic heterocycles. The van der Waals surface area contributed by atoms with Crippen LogP contribution in [0.3, 0.4) is 0 Å². The number of nitrogens with one attached hydrogen (secondary N) is 4. The van der Waals surface area contributed by atoms with Crippen LogP contribution in [0, 0.1) is 20.8 Å². The monoisotopic (exact) mass is 391 g/mol. The van der Waals surface area contributed by atoms with E-state index in [4.69, 9.17) is 0 Å². The number of benzene rings is 1. The van der Waals surface area contributed by atoms with Gasteiger partial charge in [0.2, 0.25) is 0 Å². The maximum absolute atomic E-state index is 12.0. The Morgan fingerprint density at radius 3 is 2.28 bits per heavy atom. The third-order valence-electron chi connectivity index (χ3n) is 4.18. The molecule has 0 aliphatic carbocycles. The molecule has 4 N–H and O–H groups in total. The van der Waals surface area contributed by atoms with Crippen molar-refractivity contribution in [2.45, 2.75) is 20.8 Å². The van der Waals surface area contributed by atoms with Gasteiger partial charge in [0, 0.05) is 25.0 Å². The van der Waals surface area contributed by atoms with Gasteiger partial charge in [-0.3, -0.25) is 0 Å². The standard InChI is InChI=1S/C21H25N7O/c1-14-4-6-17(16(3)12-14)25-21(29)23-11-10-22-19-8-9-20(28-27-19)26-18-7-5-15(2)13-24-18/h4-9,12-13H,10-11H2,1-3H3,(H,22,27)(H2,23,25,29)(H,24,26,28). The average molecular weight is 391 g/mol. The fraction of sp³-hybridized carbons (Fsp3) is 0.238. The number of aryl methyl sites for hydroxylation is 3. The van der Waals surface area contributed by atoms with Crippen molar-refractivity contribution < 1.29 is 4.79 Å². The number of pyridine rings is 1. The van der Waals surface area contributed by atoms with Crippen molar-refractivity contribution >= 4 is 29.2 Å². The van der Waals surface area contributed by atoms with E-state index in [0.29, 0.717) is 30.5 Å². The lowest BCUT2D eigenvalue weighted by molar-refractivity contribution is 0.252. The van der Waals surface area contributed by atoms with E-state index in [9.17, 15) is 4.79 Å². The summed E-state index contributed by atoms with van der Waals surface area (Å²) in [5.41, 5.74) is 4.09. The summed E-state index contributed by atoms with van der Waals surface area (Å²) in [4.78, 5) is 16.3. The minimum atomic E-state index is -0.241. The molecule has 29 heavy (non-hydrogen) atoms. The predicted molar refractivity (Wildman–Crippen MR) is 116 cm³/mol. The van der Waals surface area contributed by atoms with Gasteiger partial charge in [0.05, 0.1) is 0 Å². The van der Waals surface area contributed by atoms with Gasteiger partial charge in [-0.1, -0.05) is 23.8 Å². The molecule has 0 bridgehead atoms. The fourth-order valence-corrected chi connectivity index (χ4v) is 2.65. The Morgan fingerprint density at radius 1 is 0.862 bits per heavy atom. The van der Waals surface area contributed by atoms with Gasteiger partial charge in [0.15, 0.2) is 5.82 Å². The first kappa shape index (κ1) is 20.1. The van der Waals surface area contributed by atoms with Crippen LogP contribution in [-0.2, 0) is 0 Å². The van der Waals surface area contributed by atoms with E-state index in [1.807, 2.05) is 63.2 Å². The number of nitrogens with zero attached hydrogens (tertiary/aromatic N) is 3. The molecule has 0 saturated carbocycles. The minimum Gasteiger partial charge on any atom is -0.367 e. The highest BCUT2D eigenvalue weighted by Crippen LogP contribution is 2.15. The molecule has 0 aliphatic rings. The third kappa shape index (κ3) is 6.17. The summed E-state index contributed by atoms with van der Waals surface area (Å²) < 4.78 is 0. The van der Waals surface area contributed by atoms with E-state index in [1.54, 1.807) is 6.20 Å². The SMILES string of the molecule is Cc1ccc(Nc2ccc(NCCNC(=O)Nc3ccc(C)cc3C)nn2)nc1. The molecule has 150 valence electrons. The molecule has 8 heteroatoms. The van der Waals surface area contributed by atoms with Crippen LogP contribution in [-0.4, -0.2) is 34.3 Å². The van der Waals surface area contributed by atoms with Crippen LogP contribution in [0.5, 0.6) is 0 Å². The Bertz CT molecular complexity index is 956. The number of rotatable bonds is 7. The summed E-state index contributed by atoms with van der Waals surface area (Å²) in [6, 6.07) is 13.2. The number of carbonyl (C=O) groups excluding carboxylic acids is 1. The first-order chi connectivity index (χ1) is 14.0. The van der Waals surface area contributed by atoms with Crippen LogP contribution in [0.25, 0.3) is 0 Å². The number of carbonyl (C=O) groups is 1. The largest absolute Gasteiger partial charge is 0.367 e. The Kier molecular flexibility index (Phi) is 6.57. The second-order valence-electron chi connectivity index (χ2n) is 6.78. The summed E-state index contributed by atoms with van der Waals surface area (Å²) in [7, 11) is 0. The molecule has 0 fully saturated rings. The third-order valence-corrected chi connectivity index (χ3v) is 4.18. The molecule has 1 aromatic carbocycles. The molecular formula is C21H25N7O. The van der Waals surface area contributed by atoms with E-state index < -0.39 is 0 Å². The van der Waals surface area contributed by atoms with Crippen LogP contribution in [0.15, 0.2) is 48.7 Å². The smallest absolute Gasteiger partial charge is 0.319 e. The van der Waals surface area contributed by atoms with Crippen molar-refractivity contribution in [3.05, 3.63) is 65.4 Å². The Balaban J connectivity index is 1.40. The highest BCUT2D eigenvalue weighted by Gasteiger charge is 2.04. The molecule has 8 nitrogen and oxygen atoms in total. The second-order valence-corrected chi connectivity index (χ2v) is 6.78. The second kappa shape index (κ2) is 9.50. The zero-order chi connectivity index (χ0) is 20.6. The first-order valence-corrected chi connectivity index (χ1v) is 9.39. The molecule has 2 aromatic heterocycles. The van der Waals surface area contributed by atoms with Crippen LogP contribution >= 0.6 is 0 Å². The fourth-order valence-electron chi connectivity index (χ4n) is 2.65. The van der Waals surface area contributed by atoms with Crippen LogP contribution in [0.1, 0.15) is 16.7 Å². The molecule has 2 heterocycles. The highest BCUT2D eigenvalue weighted by atomic mass is 16.2. The topological polar surface area (TPSA) is 104 Å². The van der Waals surface area contributed by atoms with Gasteiger partial charge >= 0.3 is 6.03 Å². The molecular weight excluding hydrogens is 366 g/mol. The lowest BCUT2D eigenvalue weighted by atomic mass is 10.1. The van der Waals surface area contributed by atoms with Crippen LogP contribution in [0.4, 0.5) is 27.9 Å². The van der Waals surface area contributed by atoms with Crippen molar-refractivity contribution in [3.8, 4) is 0 Å². The van der Waals surface area contributed by atoms with Gasteiger partial charge in [-0.05, 0) is 56.2 Å². The first-order valence-electron chi connectivity index (χ1n) is 9.39. The van der Waals surface area contributed by atoms with Crippen molar-refractivity contribution in [3.63, 3.8) is 0 Å². The summed E-state index contributed by atoms with van der Waals surface area (Å²) in [6.45, 7) is 6.95. The molecule has 0 atom stereocenters. The maximum Gasteiger partial charge on any atom is 0.319 e. The van der Waals surface area contributed by atoms with E-state index >= 15 is 0 Å². The summed E-state index contributed by atoms with van der Waals surface area (Å²) in [6.07, 6.45) is 1.79. The normalized spacial score (nSPS) is 10.3. The number of anilines is 4. The molecule has 0 unspecified atom stereocenters. The lowest BCUT2D eigenvalue weighted by Crippen LogP contribution is -2.33. The molecule has 0 spiro atoms. The van der Waals surface area contributed by atoms with Crippen molar-refractivity contribution in [2.24, 2.45) is 0 Å². The van der Waals surface area contributed by atoms with Crippen molar-refractivity contribution in [1.29, 1.82) is 0 Å². The van der Waals surface area contributed by atoms with E-state index in [-0.39, 0.29) is 6.03 Å². The van der Waals surface area contributed by atoms with Gasteiger partial charge in [0.1, 0.15) is 11.6 Å². The molecule has 2 amide bonds. The van der Waals surface area contributed by atoms with Gasteiger partial charge in [-0.15, -0.1) is 10.2 Å². The van der Waals surface area contributed by atoms with Crippen molar-refractivity contribution in [2.75, 3.05) is 29.0 Å². The van der Waals surface area contributed by atoms with Gasteiger partial charge in [0.25, 0.3) is 0 Å². The number of hydrogen-bond acceptors (Lipinski definition) is 6. The summed E-state index contributed by atoms with van der Waals surface area (Å²) in [5.74, 6) is 1.95. The van der Waals surface area contributed by atoms with E-state index in [2.05, 4.69) is 36.4 Å². The van der Waals surface area contributed by atoms with E-state index in [1.165, 1.54) is 0 Å². The van der Waals surface area contributed by atoms with E-state index in [0.717, 1.165) is 22.4 Å². The maximum atomic E-state index is 12.0. The Hall–Kier alpha value is -3.68. The van der Waals surface area contributed by atoms with Gasteiger partial charge in [-0.2, -0.15) is 0 Å². The van der Waals surface area contributed by atoms with Gasteiger partial charge in [-0.25, -0.2) is 9.78 Å². The molecule has 0 saturated heterocycles. The number of hydrogen-bond donors (Lipinski definition) is 4. The number of urea groups is 1. The Labute approximate surface area is 170 Å². The van der Waals surface area contributed by atoms with Gasteiger partial charge < -0.3 is 21.3 Å². The average Bonchev–Trinajstić information content (AvgIpc) is 2.70. The summed E-state index contributed by atoms with van der Waals surface area (Å²) in [5, 5.41) is 20.1. The quantitative estimate of drug-likeness (QED) is 0.457. The molecule has 3 rings (SSSR count). The molecule has 0 radical (unpaired) electrons. The van der Waals surface area contributed by atoms with Crippen LogP contribution in [0.2, 0.25) is 0 Å². The Morgan fingerprint density at radius 2 is 1.59 bits per heavy atom. The van der Waals surface area contributed by atoms with Crippen LogP contribution < -0.4 is 21.3 Å². The number of amides is 2.